The van der Waals surface area contributed by atoms with Crippen molar-refractivity contribution in [1.82, 2.24) is 0 Å². The first-order chi connectivity index (χ1) is 13.8. The van der Waals surface area contributed by atoms with Crippen molar-refractivity contribution in [3.05, 3.63) is 88.0 Å². The minimum atomic E-state index is -0.453. The summed E-state index contributed by atoms with van der Waals surface area (Å²) in [5.41, 5.74) is 5.31. The van der Waals surface area contributed by atoms with Crippen LogP contribution in [0.2, 0.25) is 0 Å². The lowest BCUT2D eigenvalue weighted by atomic mass is 9.66. The van der Waals surface area contributed by atoms with Gasteiger partial charge in [-0.15, -0.1) is 0 Å². The van der Waals surface area contributed by atoms with E-state index in [1.807, 2.05) is 39.0 Å². The van der Waals surface area contributed by atoms with Crippen molar-refractivity contribution in [3.8, 4) is 17.2 Å². The lowest BCUT2D eigenvalue weighted by Crippen LogP contribution is -2.30. The van der Waals surface area contributed by atoms with Crippen LogP contribution < -0.4 is 0 Å². The number of phenolic OH excluding ortho intramolecular Hbond substituents is 3. The molecule has 3 aromatic rings. The molecule has 0 saturated carbocycles. The topological polar surface area (TPSA) is 60.7 Å². The number of phenols is 3. The Kier molecular flexibility index (Phi) is 5.88. The molecule has 0 fully saturated rings. The number of benzene rings is 3. The summed E-state index contributed by atoms with van der Waals surface area (Å²) in [6.45, 7) is 7.91. The Labute approximate surface area is 173 Å². The minimum absolute atomic E-state index is 0.280. The average molecular weight is 391 g/mol. The van der Waals surface area contributed by atoms with Gasteiger partial charge in [0.15, 0.2) is 0 Å². The van der Waals surface area contributed by atoms with Gasteiger partial charge in [0.05, 0.1) is 0 Å². The summed E-state index contributed by atoms with van der Waals surface area (Å²) in [5, 5.41) is 30.4. The summed E-state index contributed by atoms with van der Waals surface area (Å²) < 4.78 is 0. The maximum Gasteiger partial charge on any atom is 0.118 e. The van der Waals surface area contributed by atoms with E-state index >= 15 is 0 Å². The molecule has 152 valence electrons. The molecule has 0 spiro atoms. The molecule has 0 saturated heterocycles. The summed E-state index contributed by atoms with van der Waals surface area (Å²) in [6.07, 6.45) is 2.94. The van der Waals surface area contributed by atoms with E-state index < -0.39 is 5.41 Å². The highest BCUT2D eigenvalue weighted by molar-refractivity contribution is 5.56. The van der Waals surface area contributed by atoms with Crippen molar-refractivity contribution >= 4 is 0 Å². The van der Waals surface area contributed by atoms with Gasteiger partial charge in [-0.1, -0.05) is 56.2 Å². The molecule has 0 unspecified atom stereocenters. The second-order valence-corrected chi connectivity index (χ2v) is 8.01. The van der Waals surface area contributed by atoms with Crippen LogP contribution in [0.4, 0.5) is 0 Å². The Bertz CT molecular complexity index is 895. The molecule has 0 aromatic heterocycles. The Hall–Kier alpha value is -2.94. The first-order valence-corrected chi connectivity index (χ1v) is 10.2. The lowest BCUT2D eigenvalue weighted by Gasteiger charge is -2.37. The monoisotopic (exact) mass is 390 g/mol. The molecule has 3 nitrogen and oxygen atoms in total. The molecule has 0 aliphatic carbocycles. The Morgan fingerprint density at radius 2 is 0.966 bits per heavy atom. The van der Waals surface area contributed by atoms with Crippen LogP contribution in [0.15, 0.2) is 54.6 Å². The molecule has 0 aliphatic rings. The highest BCUT2D eigenvalue weighted by Crippen LogP contribution is 2.46. The molecule has 3 rings (SSSR count). The van der Waals surface area contributed by atoms with E-state index in [4.69, 9.17) is 0 Å². The lowest BCUT2D eigenvalue weighted by molar-refractivity contribution is 0.465. The zero-order chi connectivity index (χ0) is 21.2. The Morgan fingerprint density at radius 1 is 0.621 bits per heavy atom. The number of aromatic hydroxyl groups is 3. The number of rotatable bonds is 6. The quantitative estimate of drug-likeness (QED) is 0.436. The number of aryl methyl sites for hydroxylation is 3. The first-order valence-electron chi connectivity index (χ1n) is 10.2. The van der Waals surface area contributed by atoms with Gasteiger partial charge in [-0.2, -0.15) is 0 Å². The van der Waals surface area contributed by atoms with Crippen LogP contribution in [-0.4, -0.2) is 15.3 Å². The molecule has 0 atom stereocenters. The molecule has 0 radical (unpaired) electrons. The van der Waals surface area contributed by atoms with Gasteiger partial charge >= 0.3 is 0 Å². The van der Waals surface area contributed by atoms with Crippen LogP contribution in [0.5, 0.6) is 17.2 Å². The molecular weight excluding hydrogens is 360 g/mol. The van der Waals surface area contributed by atoms with Crippen molar-refractivity contribution in [2.45, 2.75) is 52.4 Å². The van der Waals surface area contributed by atoms with Crippen LogP contribution in [0.1, 0.15) is 59.6 Å². The van der Waals surface area contributed by atoms with Gasteiger partial charge in [-0.25, -0.2) is 0 Å². The number of hydrogen-bond acceptors (Lipinski definition) is 3. The third kappa shape index (κ3) is 3.82. The molecule has 29 heavy (non-hydrogen) atoms. The van der Waals surface area contributed by atoms with E-state index in [0.717, 1.165) is 52.6 Å². The van der Waals surface area contributed by atoms with Crippen LogP contribution in [0, 0.1) is 20.8 Å². The van der Waals surface area contributed by atoms with Crippen molar-refractivity contribution in [3.63, 3.8) is 0 Å². The van der Waals surface area contributed by atoms with Crippen molar-refractivity contribution < 1.29 is 15.3 Å². The van der Waals surface area contributed by atoms with E-state index in [1.54, 1.807) is 18.2 Å². The predicted molar refractivity (Wildman–Crippen MR) is 118 cm³/mol. The Balaban J connectivity index is 2.38. The van der Waals surface area contributed by atoms with Gasteiger partial charge in [0.1, 0.15) is 17.2 Å². The minimum Gasteiger partial charge on any atom is -0.508 e. The normalized spacial score (nSPS) is 11.6. The molecule has 0 amide bonds. The van der Waals surface area contributed by atoms with Gasteiger partial charge in [-0.05, 0) is 78.8 Å². The second-order valence-electron chi connectivity index (χ2n) is 8.01. The zero-order valence-electron chi connectivity index (χ0n) is 17.7. The molecule has 0 aliphatic heterocycles. The smallest absolute Gasteiger partial charge is 0.118 e. The summed E-state index contributed by atoms with van der Waals surface area (Å²) in [4.78, 5) is 0. The fourth-order valence-corrected chi connectivity index (χ4v) is 4.14. The maximum atomic E-state index is 10.1. The summed E-state index contributed by atoms with van der Waals surface area (Å²) in [5.74, 6) is 0.839. The largest absolute Gasteiger partial charge is 0.508 e. The van der Waals surface area contributed by atoms with Crippen LogP contribution in [0.25, 0.3) is 0 Å². The fraction of sp³-hybridized carbons (Fsp3) is 0.308. The van der Waals surface area contributed by atoms with Gasteiger partial charge in [0.25, 0.3) is 0 Å². The molecule has 3 heteroatoms. The standard InChI is InChI=1S/C26H30O3/c1-5-6-13-26(20-7-10-23(27)17(2)14-20,21-8-11-24(28)18(3)15-21)22-9-12-25(29)19(4)16-22/h7-12,14-16,27-29H,5-6,13H2,1-4H3. The van der Waals surface area contributed by atoms with Gasteiger partial charge in [0.2, 0.25) is 0 Å². The summed E-state index contributed by atoms with van der Waals surface area (Å²) in [6, 6.07) is 17.4. The van der Waals surface area contributed by atoms with E-state index in [2.05, 4.69) is 25.1 Å². The SMILES string of the molecule is CCCCC(c1ccc(O)c(C)c1)(c1ccc(O)c(C)c1)c1ccc(O)c(C)c1. The highest BCUT2D eigenvalue weighted by Gasteiger charge is 2.36. The molecule has 3 aromatic carbocycles. The second kappa shape index (κ2) is 8.20. The van der Waals surface area contributed by atoms with Crippen molar-refractivity contribution in [2.75, 3.05) is 0 Å². The fourth-order valence-electron chi connectivity index (χ4n) is 4.14. The van der Waals surface area contributed by atoms with Crippen LogP contribution in [0.3, 0.4) is 0 Å². The van der Waals surface area contributed by atoms with E-state index in [0.29, 0.717) is 0 Å². The summed E-state index contributed by atoms with van der Waals surface area (Å²) >= 11 is 0. The van der Waals surface area contributed by atoms with Crippen molar-refractivity contribution in [2.24, 2.45) is 0 Å². The summed E-state index contributed by atoms with van der Waals surface area (Å²) in [7, 11) is 0. The molecule has 0 heterocycles. The van der Waals surface area contributed by atoms with E-state index in [1.165, 1.54) is 0 Å². The number of unbranched alkanes of at least 4 members (excludes halogenated alkanes) is 1. The van der Waals surface area contributed by atoms with Crippen LogP contribution >= 0.6 is 0 Å². The molecular formula is C26H30O3. The Morgan fingerprint density at radius 3 is 1.24 bits per heavy atom. The van der Waals surface area contributed by atoms with Crippen LogP contribution in [-0.2, 0) is 5.41 Å². The predicted octanol–water partition coefficient (Wildman–Crippen LogP) is 6.25. The molecule has 3 N–H and O–H groups in total. The highest BCUT2D eigenvalue weighted by atomic mass is 16.3. The maximum absolute atomic E-state index is 10.1. The molecule has 0 bridgehead atoms. The zero-order valence-corrected chi connectivity index (χ0v) is 17.7. The average Bonchev–Trinajstić information content (AvgIpc) is 2.70. The van der Waals surface area contributed by atoms with E-state index in [9.17, 15) is 15.3 Å². The van der Waals surface area contributed by atoms with E-state index in [-0.39, 0.29) is 17.2 Å². The first kappa shape index (κ1) is 20.8. The third-order valence-electron chi connectivity index (χ3n) is 5.97. The number of hydrogen-bond donors (Lipinski definition) is 3. The van der Waals surface area contributed by atoms with Gasteiger partial charge in [-0.3, -0.25) is 0 Å². The van der Waals surface area contributed by atoms with Gasteiger partial charge < -0.3 is 15.3 Å². The third-order valence-corrected chi connectivity index (χ3v) is 5.97. The van der Waals surface area contributed by atoms with Crippen molar-refractivity contribution in [1.29, 1.82) is 0 Å². The van der Waals surface area contributed by atoms with Gasteiger partial charge in [0, 0.05) is 5.41 Å².